The molecule has 3 fully saturated rings. The molecule has 6 nitrogen and oxygen atoms in total. The lowest BCUT2D eigenvalue weighted by atomic mass is 9.69. The Bertz CT molecular complexity index is 883. The maximum atomic E-state index is 13.5. The molecule has 2 saturated carbocycles. The minimum absolute atomic E-state index is 0.0513. The molecule has 0 radical (unpaired) electrons. The molecule has 1 amide bonds. The summed E-state index contributed by atoms with van der Waals surface area (Å²) >= 11 is 0. The van der Waals surface area contributed by atoms with Crippen molar-refractivity contribution in [3.63, 3.8) is 0 Å². The van der Waals surface area contributed by atoms with E-state index >= 15 is 0 Å². The van der Waals surface area contributed by atoms with Crippen LogP contribution in [0, 0.1) is 22.7 Å². The zero-order valence-corrected chi connectivity index (χ0v) is 18.5. The molecule has 1 aromatic rings. The molecule has 1 aliphatic heterocycles. The Morgan fingerprint density at radius 1 is 1.28 bits per heavy atom. The number of carbonyl (C=O) groups excluding carboxylic acids is 1. The highest BCUT2D eigenvalue weighted by Crippen LogP contribution is 2.70. The van der Waals surface area contributed by atoms with Gasteiger partial charge < -0.3 is 0 Å². The van der Waals surface area contributed by atoms with Crippen molar-refractivity contribution >= 4 is 15.9 Å². The van der Waals surface area contributed by atoms with Crippen LogP contribution in [-0.4, -0.2) is 36.5 Å². The van der Waals surface area contributed by atoms with Gasteiger partial charge >= 0.3 is 0 Å². The molecule has 4 rings (SSSR count). The highest BCUT2D eigenvalue weighted by atomic mass is 32.2. The van der Waals surface area contributed by atoms with E-state index in [0.29, 0.717) is 12.5 Å². The largest absolute Gasteiger partial charge is 0.296 e. The molecule has 1 saturated heterocycles. The van der Waals surface area contributed by atoms with Crippen molar-refractivity contribution in [2.45, 2.75) is 65.6 Å². The molecular weight excluding hydrogens is 388 g/mol. The Morgan fingerprint density at radius 2 is 1.97 bits per heavy atom. The average molecular weight is 421 g/mol. The summed E-state index contributed by atoms with van der Waals surface area (Å²) in [6, 6.07) is 8.76. The van der Waals surface area contributed by atoms with Gasteiger partial charge in [0.25, 0.3) is 5.91 Å². The molecule has 0 aromatic heterocycles. The third-order valence-corrected chi connectivity index (χ3v) is 9.77. The maximum Gasteiger partial charge on any atom is 0.256 e. The van der Waals surface area contributed by atoms with Crippen molar-refractivity contribution in [3.8, 4) is 0 Å². The summed E-state index contributed by atoms with van der Waals surface area (Å²) in [5.41, 5.74) is 3.49. The molecule has 2 bridgehead atoms. The molecule has 2 aliphatic carbocycles. The standard InChI is InChI=1S/C22H32N2O4S/c1-15(2)19(23-28-13-16-8-6-5-7-9-16)20(25)24-18-12-17-10-11-22(18,21(17,3)4)14-29(24,26)27/h5-9,15,17-19,23H,10-14H2,1-4H3/t17-,18+,19+,22-/m0/s1. The van der Waals surface area contributed by atoms with Crippen LogP contribution in [0.4, 0.5) is 0 Å². The third kappa shape index (κ3) is 3.13. The summed E-state index contributed by atoms with van der Waals surface area (Å²) in [5.74, 6) is 0.100. The van der Waals surface area contributed by atoms with Crippen molar-refractivity contribution in [2.75, 3.05) is 5.75 Å². The van der Waals surface area contributed by atoms with Crippen molar-refractivity contribution in [1.29, 1.82) is 0 Å². The van der Waals surface area contributed by atoms with Crippen LogP contribution >= 0.6 is 0 Å². The number of rotatable bonds is 6. The fourth-order valence-electron chi connectivity index (χ4n) is 5.98. The summed E-state index contributed by atoms with van der Waals surface area (Å²) in [7, 11) is -3.63. The lowest BCUT2D eigenvalue weighted by Crippen LogP contribution is -2.53. The van der Waals surface area contributed by atoms with Crippen molar-refractivity contribution in [3.05, 3.63) is 35.9 Å². The highest BCUT2D eigenvalue weighted by molar-refractivity contribution is 7.90. The molecule has 160 valence electrons. The first kappa shape index (κ1) is 20.8. The van der Waals surface area contributed by atoms with Gasteiger partial charge in [-0.15, -0.1) is 0 Å². The van der Waals surface area contributed by atoms with E-state index in [-0.39, 0.29) is 34.4 Å². The molecule has 1 spiro atoms. The number of hydroxylamine groups is 1. The van der Waals surface area contributed by atoms with Gasteiger partial charge in [0.15, 0.2) is 0 Å². The Balaban J connectivity index is 1.53. The van der Waals surface area contributed by atoms with Gasteiger partial charge in [-0.25, -0.2) is 12.7 Å². The molecule has 1 aromatic carbocycles. The van der Waals surface area contributed by atoms with Crippen LogP contribution in [0.5, 0.6) is 0 Å². The number of sulfonamides is 1. The van der Waals surface area contributed by atoms with E-state index in [2.05, 4.69) is 19.3 Å². The zero-order valence-electron chi connectivity index (χ0n) is 17.7. The van der Waals surface area contributed by atoms with E-state index in [1.54, 1.807) is 0 Å². The van der Waals surface area contributed by atoms with Crippen LogP contribution in [0.2, 0.25) is 0 Å². The average Bonchev–Trinajstić information content (AvgIpc) is 3.13. The third-order valence-electron chi connectivity index (χ3n) is 7.85. The normalized spacial score (nSPS) is 32.5. The molecule has 3 aliphatic rings. The zero-order chi connectivity index (χ0) is 21.0. The minimum Gasteiger partial charge on any atom is -0.296 e. The van der Waals surface area contributed by atoms with E-state index in [1.807, 2.05) is 44.2 Å². The first-order valence-corrected chi connectivity index (χ1v) is 12.2. The summed E-state index contributed by atoms with van der Waals surface area (Å²) in [4.78, 5) is 19.1. The van der Waals surface area contributed by atoms with Gasteiger partial charge in [0.2, 0.25) is 10.0 Å². The number of nitrogens with zero attached hydrogens (tertiary/aromatic N) is 1. The Kier molecular flexibility index (Phi) is 5.07. The second kappa shape index (κ2) is 7.06. The van der Waals surface area contributed by atoms with E-state index in [0.717, 1.165) is 24.8 Å². The van der Waals surface area contributed by atoms with Crippen molar-refractivity contribution in [2.24, 2.45) is 22.7 Å². The SMILES string of the molecule is CC(C)[C@@H](NOCc1ccccc1)C(=O)N1[C@@H]2C[C@@H]3CC[C@@]2(CS1(=O)=O)C3(C)C. The fourth-order valence-corrected chi connectivity index (χ4v) is 8.54. The molecule has 4 atom stereocenters. The van der Waals surface area contributed by atoms with Crippen LogP contribution in [-0.2, 0) is 26.3 Å². The van der Waals surface area contributed by atoms with E-state index in [9.17, 15) is 13.2 Å². The fraction of sp³-hybridized carbons (Fsp3) is 0.682. The van der Waals surface area contributed by atoms with Crippen LogP contribution in [0.25, 0.3) is 0 Å². The minimum atomic E-state index is -3.63. The van der Waals surface area contributed by atoms with E-state index < -0.39 is 16.1 Å². The molecule has 29 heavy (non-hydrogen) atoms. The quantitative estimate of drug-likeness (QED) is 0.716. The number of hydrogen-bond acceptors (Lipinski definition) is 5. The predicted molar refractivity (Wildman–Crippen MR) is 111 cm³/mol. The lowest BCUT2D eigenvalue weighted by molar-refractivity contribution is -0.138. The number of fused-ring (bicyclic) bond motifs is 1. The summed E-state index contributed by atoms with van der Waals surface area (Å²) in [5, 5.41) is 0. The molecular formula is C22H32N2O4S. The molecule has 1 heterocycles. The maximum absolute atomic E-state index is 13.5. The molecule has 0 unspecified atom stereocenters. The van der Waals surface area contributed by atoms with Crippen LogP contribution < -0.4 is 5.48 Å². The van der Waals surface area contributed by atoms with Gasteiger partial charge in [-0.3, -0.25) is 9.63 Å². The van der Waals surface area contributed by atoms with Gasteiger partial charge in [-0.05, 0) is 42.1 Å². The van der Waals surface area contributed by atoms with E-state index in [4.69, 9.17) is 4.84 Å². The number of carbonyl (C=O) groups is 1. The molecule has 7 heteroatoms. The van der Waals surface area contributed by atoms with Crippen LogP contribution in [0.1, 0.15) is 52.5 Å². The molecule has 1 N–H and O–H groups in total. The van der Waals surface area contributed by atoms with Crippen molar-refractivity contribution in [1.82, 2.24) is 9.79 Å². The monoisotopic (exact) mass is 420 g/mol. The van der Waals surface area contributed by atoms with Gasteiger partial charge in [0.05, 0.1) is 18.4 Å². The second-order valence-electron chi connectivity index (χ2n) is 9.87. The van der Waals surface area contributed by atoms with Gasteiger partial charge in [-0.2, -0.15) is 5.48 Å². The number of nitrogens with one attached hydrogen (secondary N) is 1. The second-order valence-corrected chi connectivity index (χ2v) is 11.7. The number of hydrogen-bond donors (Lipinski definition) is 1. The first-order chi connectivity index (χ1) is 13.6. The summed E-state index contributed by atoms with van der Waals surface area (Å²) in [6.07, 6.45) is 2.74. The first-order valence-electron chi connectivity index (χ1n) is 10.6. The van der Waals surface area contributed by atoms with Gasteiger partial charge in [-0.1, -0.05) is 58.0 Å². The Hall–Kier alpha value is -1.44. The Labute approximate surface area is 174 Å². The number of benzene rings is 1. The van der Waals surface area contributed by atoms with Gasteiger partial charge in [0.1, 0.15) is 6.04 Å². The topological polar surface area (TPSA) is 75.7 Å². The predicted octanol–water partition coefficient (Wildman–Crippen LogP) is 3.10. The Morgan fingerprint density at radius 3 is 2.59 bits per heavy atom. The highest BCUT2D eigenvalue weighted by Gasteiger charge is 2.72. The van der Waals surface area contributed by atoms with E-state index in [1.165, 1.54) is 4.31 Å². The smallest absolute Gasteiger partial charge is 0.256 e. The lowest BCUT2D eigenvalue weighted by Gasteiger charge is -2.37. The van der Waals surface area contributed by atoms with Crippen molar-refractivity contribution < 1.29 is 18.0 Å². The van der Waals surface area contributed by atoms with Crippen LogP contribution in [0.15, 0.2) is 30.3 Å². The summed E-state index contributed by atoms with van der Waals surface area (Å²) < 4.78 is 27.5. The number of amides is 1. The summed E-state index contributed by atoms with van der Waals surface area (Å²) in [6.45, 7) is 8.51. The van der Waals surface area contributed by atoms with Gasteiger partial charge in [0, 0.05) is 5.41 Å². The van der Waals surface area contributed by atoms with Crippen LogP contribution in [0.3, 0.4) is 0 Å².